The summed E-state index contributed by atoms with van der Waals surface area (Å²) in [6.07, 6.45) is 4.78. The van der Waals surface area contributed by atoms with Gasteiger partial charge in [-0.2, -0.15) is 0 Å². The number of allylic oxidation sites excluding steroid dienone is 1. The lowest BCUT2D eigenvalue weighted by atomic mass is 10.1. The standard InChI is InChI=1S/C21H15NO4S/c1-12-7-9-27-18(12)10-17-19(23)15-5-6-16(13(2)20(15)25-17)26-21(24)14-4-3-8-22-11-14/h3-11H,1-2H3/b17-10-. The van der Waals surface area contributed by atoms with Crippen molar-refractivity contribution in [1.82, 2.24) is 4.98 Å². The number of aromatic nitrogens is 1. The lowest BCUT2D eigenvalue weighted by Gasteiger charge is -2.09. The summed E-state index contributed by atoms with van der Waals surface area (Å²) in [6.45, 7) is 3.74. The van der Waals surface area contributed by atoms with Crippen LogP contribution in [0.1, 0.15) is 36.7 Å². The molecule has 0 N–H and O–H groups in total. The molecule has 0 radical (unpaired) electrons. The minimum atomic E-state index is -0.513. The monoisotopic (exact) mass is 377 g/mol. The molecule has 0 unspecified atom stereocenters. The van der Waals surface area contributed by atoms with E-state index in [2.05, 4.69) is 4.98 Å². The van der Waals surface area contributed by atoms with Crippen LogP contribution in [-0.2, 0) is 0 Å². The molecule has 27 heavy (non-hydrogen) atoms. The van der Waals surface area contributed by atoms with Crippen LogP contribution >= 0.6 is 11.3 Å². The van der Waals surface area contributed by atoms with E-state index in [0.29, 0.717) is 28.2 Å². The number of Topliss-reactive ketones (excluding diaryl/α,β-unsaturated/α-hetero) is 1. The number of hydrogen-bond donors (Lipinski definition) is 0. The van der Waals surface area contributed by atoms with Crippen molar-refractivity contribution in [2.75, 3.05) is 0 Å². The molecule has 4 rings (SSSR count). The summed E-state index contributed by atoms with van der Waals surface area (Å²) >= 11 is 1.55. The van der Waals surface area contributed by atoms with Gasteiger partial charge in [-0.3, -0.25) is 9.78 Å². The smallest absolute Gasteiger partial charge is 0.345 e. The first-order valence-corrected chi connectivity index (χ1v) is 9.16. The number of carbonyl (C=O) groups is 2. The molecule has 0 spiro atoms. The highest BCUT2D eigenvalue weighted by Gasteiger charge is 2.30. The molecule has 0 amide bonds. The Bertz CT molecular complexity index is 1080. The summed E-state index contributed by atoms with van der Waals surface area (Å²) in [6, 6.07) is 8.52. The highest BCUT2D eigenvalue weighted by Crippen LogP contribution is 2.39. The summed E-state index contributed by atoms with van der Waals surface area (Å²) in [5.74, 6) is 0.363. The maximum Gasteiger partial charge on any atom is 0.345 e. The Morgan fingerprint density at radius 3 is 2.78 bits per heavy atom. The fraction of sp³-hybridized carbons (Fsp3) is 0.0952. The predicted molar refractivity (Wildman–Crippen MR) is 102 cm³/mol. The minimum absolute atomic E-state index is 0.175. The Kier molecular flexibility index (Phi) is 4.33. The van der Waals surface area contributed by atoms with Crippen LogP contribution in [0.5, 0.6) is 11.5 Å². The van der Waals surface area contributed by atoms with Crippen LogP contribution in [-0.4, -0.2) is 16.7 Å². The molecule has 1 aromatic carbocycles. The number of nitrogens with zero attached hydrogens (tertiary/aromatic N) is 1. The number of benzene rings is 1. The Morgan fingerprint density at radius 2 is 2.07 bits per heavy atom. The molecule has 1 aliphatic heterocycles. The largest absolute Gasteiger partial charge is 0.452 e. The third kappa shape index (κ3) is 3.15. The van der Waals surface area contributed by atoms with Gasteiger partial charge in [0.15, 0.2) is 5.76 Å². The highest BCUT2D eigenvalue weighted by molar-refractivity contribution is 7.11. The molecule has 0 atom stereocenters. The molecule has 1 aliphatic rings. The van der Waals surface area contributed by atoms with E-state index in [0.717, 1.165) is 10.4 Å². The van der Waals surface area contributed by atoms with Crippen LogP contribution in [0, 0.1) is 13.8 Å². The first-order valence-electron chi connectivity index (χ1n) is 8.29. The fourth-order valence-corrected chi connectivity index (χ4v) is 3.62. The third-order valence-corrected chi connectivity index (χ3v) is 5.27. The van der Waals surface area contributed by atoms with Crippen LogP contribution in [0.15, 0.2) is 53.9 Å². The molecule has 2 aromatic heterocycles. The molecule has 134 valence electrons. The zero-order valence-electron chi connectivity index (χ0n) is 14.7. The van der Waals surface area contributed by atoms with Gasteiger partial charge in [-0.15, -0.1) is 11.3 Å². The zero-order chi connectivity index (χ0) is 19.0. The maximum atomic E-state index is 12.6. The van der Waals surface area contributed by atoms with E-state index in [9.17, 15) is 9.59 Å². The molecule has 0 fully saturated rings. The van der Waals surface area contributed by atoms with Gasteiger partial charge in [0.25, 0.3) is 0 Å². The SMILES string of the molecule is Cc1ccsc1/C=C1\Oc2c(ccc(OC(=O)c3cccnc3)c2C)C1=O. The number of rotatable bonds is 3. The number of esters is 1. The van der Waals surface area contributed by atoms with Gasteiger partial charge in [-0.05, 0) is 55.1 Å². The number of fused-ring (bicyclic) bond motifs is 1. The second-order valence-corrected chi connectivity index (χ2v) is 7.05. The van der Waals surface area contributed by atoms with Gasteiger partial charge < -0.3 is 9.47 Å². The van der Waals surface area contributed by atoms with E-state index >= 15 is 0 Å². The topological polar surface area (TPSA) is 65.5 Å². The van der Waals surface area contributed by atoms with E-state index in [1.807, 2.05) is 18.4 Å². The summed E-state index contributed by atoms with van der Waals surface area (Å²) in [4.78, 5) is 29.8. The second kappa shape index (κ2) is 6.81. The lowest BCUT2D eigenvalue weighted by molar-refractivity contribution is 0.0732. The number of ether oxygens (including phenoxy) is 2. The van der Waals surface area contributed by atoms with Crippen LogP contribution < -0.4 is 9.47 Å². The van der Waals surface area contributed by atoms with Crippen molar-refractivity contribution in [3.8, 4) is 11.5 Å². The molecule has 0 saturated carbocycles. The van der Waals surface area contributed by atoms with Crippen LogP contribution in [0.25, 0.3) is 6.08 Å². The predicted octanol–water partition coefficient (Wildman–Crippen LogP) is 4.60. The van der Waals surface area contributed by atoms with Gasteiger partial charge in [0, 0.05) is 28.9 Å². The number of carbonyl (C=O) groups excluding carboxylic acids is 2. The average Bonchev–Trinajstić information content (AvgIpc) is 3.22. The van der Waals surface area contributed by atoms with Gasteiger partial charge in [-0.25, -0.2) is 4.79 Å². The number of aryl methyl sites for hydroxylation is 1. The van der Waals surface area contributed by atoms with Gasteiger partial charge in [-0.1, -0.05) is 0 Å². The molecular formula is C21H15NO4S. The normalized spacial score (nSPS) is 14.1. The van der Waals surface area contributed by atoms with E-state index in [1.54, 1.807) is 54.8 Å². The molecule has 0 saturated heterocycles. The highest BCUT2D eigenvalue weighted by atomic mass is 32.1. The van der Waals surface area contributed by atoms with Crippen LogP contribution in [0.2, 0.25) is 0 Å². The number of hydrogen-bond acceptors (Lipinski definition) is 6. The summed E-state index contributed by atoms with van der Waals surface area (Å²) in [7, 11) is 0. The van der Waals surface area contributed by atoms with Crippen molar-refractivity contribution >= 4 is 29.2 Å². The van der Waals surface area contributed by atoms with Crippen molar-refractivity contribution in [3.63, 3.8) is 0 Å². The Morgan fingerprint density at radius 1 is 1.22 bits per heavy atom. The molecular weight excluding hydrogens is 362 g/mol. The Hall–Kier alpha value is -3.25. The van der Waals surface area contributed by atoms with Gasteiger partial charge in [0.05, 0.1) is 11.1 Å². The molecule has 3 heterocycles. The van der Waals surface area contributed by atoms with Gasteiger partial charge in [0.2, 0.25) is 5.78 Å². The van der Waals surface area contributed by atoms with Crippen molar-refractivity contribution in [3.05, 3.63) is 81.0 Å². The summed E-state index contributed by atoms with van der Waals surface area (Å²) in [5.41, 5.74) is 2.50. The molecule has 5 nitrogen and oxygen atoms in total. The first-order chi connectivity index (χ1) is 13.0. The van der Waals surface area contributed by atoms with Crippen LogP contribution in [0.3, 0.4) is 0 Å². The van der Waals surface area contributed by atoms with E-state index in [-0.39, 0.29) is 11.5 Å². The van der Waals surface area contributed by atoms with Crippen molar-refractivity contribution < 1.29 is 19.1 Å². The lowest BCUT2D eigenvalue weighted by Crippen LogP contribution is -2.09. The minimum Gasteiger partial charge on any atom is -0.452 e. The molecule has 0 aliphatic carbocycles. The van der Waals surface area contributed by atoms with E-state index < -0.39 is 5.97 Å². The van der Waals surface area contributed by atoms with Crippen molar-refractivity contribution in [2.45, 2.75) is 13.8 Å². The van der Waals surface area contributed by atoms with Crippen LogP contribution in [0.4, 0.5) is 0 Å². The molecule has 3 aromatic rings. The van der Waals surface area contributed by atoms with Gasteiger partial charge >= 0.3 is 5.97 Å². The molecule has 0 bridgehead atoms. The van der Waals surface area contributed by atoms with Crippen molar-refractivity contribution in [1.29, 1.82) is 0 Å². The summed E-state index contributed by atoms with van der Waals surface area (Å²) < 4.78 is 11.3. The fourth-order valence-electron chi connectivity index (χ4n) is 2.77. The Balaban J connectivity index is 1.63. The molecule has 6 heteroatoms. The van der Waals surface area contributed by atoms with E-state index in [4.69, 9.17) is 9.47 Å². The summed E-state index contributed by atoms with van der Waals surface area (Å²) in [5, 5.41) is 1.97. The number of ketones is 1. The second-order valence-electron chi connectivity index (χ2n) is 6.10. The van der Waals surface area contributed by atoms with Crippen molar-refractivity contribution in [2.24, 2.45) is 0 Å². The quantitative estimate of drug-likeness (QED) is 0.379. The van der Waals surface area contributed by atoms with E-state index in [1.165, 1.54) is 6.20 Å². The number of pyridine rings is 1. The first kappa shape index (κ1) is 17.2. The zero-order valence-corrected chi connectivity index (χ0v) is 15.5. The maximum absolute atomic E-state index is 12.6. The van der Waals surface area contributed by atoms with Gasteiger partial charge in [0.1, 0.15) is 11.5 Å². The average molecular weight is 377 g/mol. The third-order valence-electron chi connectivity index (χ3n) is 4.30. The Labute approximate surface area is 159 Å². The number of thiophene rings is 1.